The van der Waals surface area contributed by atoms with Gasteiger partial charge in [-0.15, -0.1) is 0 Å². The van der Waals surface area contributed by atoms with Crippen molar-refractivity contribution in [3.63, 3.8) is 0 Å². The van der Waals surface area contributed by atoms with Crippen molar-refractivity contribution in [1.82, 2.24) is 4.98 Å². The van der Waals surface area contributed by atoms with E-state index in [0.717, 1.165) is 4.47 Å². The Morgan fingerprint density at radius 1 is 1.20 bits per heavy atom. The Labute approximate surface area is 124 Å². The number of nitrogens with zero attached hydrogens (tertiary/aromatic N) is 1. The predicted molar refractivity (Wildman–Crippen MR) is 77.7 cm³/mol. The molecule has 1 N–H and O–H groups in total. The second kappa shape index (κ2) is 6.29. The van der Waals surface area contributed by atoms with Gasteiger partial charge in [0.1, 0.15) is 5.82 Å². The number of carbonyl (C=O) groups excluding carboxylic acids is 2. The van der Waals surface area contributed by atoms with E-state index >= 15 is 0 Å². The number of ether oxygens (including phenoxy) is 1. The number of pyridine rings is 1. The number of anilines is 1. The number of methoxy groups -OCH3 is 1. The smallest absolute Gasteiger partial charge is 0.339 e. The first kappa shape index (κ1) is 14.2. The van der Waals surface area contributed by atoms with Gasteiger partial charge in [0.15, 0.2) is 0 Å². The van der Waals surface area contributed by atoms with E-state index in [0.29, 0.717) is 16.9 Å². The summed E-state index contributed by atoms with van der Waals surface area (Å²) in [5.74, 6) is -0.380. The highest BCUT2D eigenvalue weighted by atomic mass is 79.9. The van der Waals surface area contributed by atoms with Crippen LogP contribution in [-0.2, 0) is 4.74 Å². The summed E-state index contributed by atoms with van der Waals surface area (Å²) in [6.07, 6.45) is 1.35. The third-order valence-electron chi connectivity index (χ3n) is 2.51. The number of amides is 1. The molecule has 0 saturated carbocycles. The average Bonchev–Trinajstić information content (AvgIpc) is 2.47. The maximum Gasteiger partial charge on any atom is 0.339 e. The van der Waals surface area contributed by atoms with Crippen LogP contribution in [0.25, 0.3) is 0 Å². The SMILES string of the molecule is COC(=O)c1ccc(NC(=O)c2cccc(Br)c2)nc1. The summed E-state index contributed by atoms with van der Waals surface area (Å²) in [6, 6.07) is 10.1. The fourth-order valence-corrected chi connectivity index (χ4v) is 1.92. The van der Waals surface area contributed by atoms with Crippen LogP contribution in [0, 0.1) is 0 Å². The van der Waals surface area contributed by atoms with Crippen LogP contribution >= 0.6 is 15.9 Å². The second-order valence-corrected chi connectivity index (χ2v) is 4.80. The number of rotatable bonds is 3. The normalized spacial score (nSPS) is 9.90. The van der Waals surface area contributed by atoms with Crippen LogP contribution in [0.3, 0.4) is 0 Å². The molecule has 0 unspecified atom stereocenters. The van der Waals surface area contributed by atoms with Gasteiger partial charge < -0.3 is 10.1 Å². The second-order valence-electron chi connectivity index (χ2n) is 3.89. The fraction of sp³-hybridized carbons (Fsp3) is 0.0714. The van der Waals surface area contributed by atoms with Crippen LogP contribution in [0.1, 0.15) is 20.7 Å². The summed E-state index contributed by atoms with van der Waals surface area (Å²) in [5.41, 5.74) is 0.839. The maximum absolute atomic E-state index is 12.0. The van der Waals surface area contributed by atoms with Gasteiger partial charge >= 0.3 is 5.97 Å². The number of benzene rings is 1. The first-order valence-electron chi connectivity index (χ1n) is 5.71. The minimum absolute atomic E-state index is 0.274. The highest BCUT2D eigenvalue weighted by Crippen LogP contribution is 2.13. The lowest BCUT2D eigenvalue weighted by Gasteiger charge is -2.05. The van der Waals surface area contributed by atoms with Crippen molar-refractivity contribution in [3.05, 3.63) is 58.2 Å². The number of hydrogen-bond donors (Lipinski definition) is 1. The Morgan fingerprint density at radius 3 is 2.60 bits per heavy atom. The highest BCUT2D eigenvalue weighted by Gasteiger charge is 2.09. The molecule has 0 bridgehead atoms. The minimum Gasteiger partial charge on any atom is -0.465 e. The zero-order chi connectivity index (χ0) is 14.5. The van der Waals surface area contributed by atoms with Crippen LogP contribution in [0.2, 0.25) is 0 Å². The van der Waals surface area contributed by atoms with Gasteiger partial charge in [-0.25, -0.2) is 9.78 Å². The Balaban J connectivity index is 2.10. The predicted octanol–water partition coefficient (Wildman–Crippen LogP) is 2.88. The molecule has 6 heteroatoms. The molecular weight excluding hydrogens is 324 g/mol. The standard InChI is InChI=1S/C14H11BrN2O3/c1-20-14(19)10-5-6-12(16-8-10)17-13(18)9-3-2-4-11(15)7-9/h2-8H,1H3,(H,16,17,18). The quantitative estimate of drug-likeness (QED) is 0.876. The van der Waals surface area contributed by atoms with Gasteiger partial charge in [0, 0.05) is 16.2 Å². The number of nitrogens with one attached hydrogen (secondary N) is 1. The van der Waals surface area contributed by atoms with Crippen molar-refractivity contribution in [2.75, 3.05) is 12.4 Å². The summed E-state index contributed by atoms with van der Waals surface area (Å²) in [6.45, 7) is 0. The van der Waals surface area contributed by atoms with Crippen molar-refractivity contribution in [1.29, 1.82) is 0 Å². The molecule has 1 aromatic carbocycles. The molecule has 2 aromatic rings. The molecule has 102 valence electrons. The van der Waals surface area contributed by atoms with E-state index in [9.17, 15) is 9.59 Å². The number of hydrogen-bond acceptors (Lipinski definition) is 4. The number of aromatic nitrogens is 1. The van der Waals surface area contributed by atoms with E-state index in [4.69, 9.17) is 0 Å². The average molecular weight is 335 g/mol. The van der Waals surface area contributed by atoms with Crippen molar-refractivity contribution in [3.8, 4) is 0 Å². The van der Waals surface area contributed by atoms with E-state index in [1.807, 2.05) is 6.07 Å². The van der Waals surface area contributed by atoms with Crippen LogP contribution in [0.4, 0.5) is 5.82 Å². The number of halogens is 1. The third-order valence-corrected chi connectivity index (χ3v) is 3.01. The van der Waals surface area contributed by atoms with Gasteiger partial charge in [-0.2, -0.15) is 0 Å². The van der Waals surface area contributed by atoms with Gasteiger partial charge in [0.2, 0.25) is 0 Å². The molecule has 2 rings (SSSR count). The monoisotopic (exact) mass is 334 g/mol. The van der Waals surface area contributed by atoms with E-state index in [1.54, 1.807) is 24.3 Å². The molecule has 1 amide bonds. The largest absolute Gasteiger partial charge is 0.465 e. The topological polar surface area (TPSA) is 68.3 Å². The zero-order valence-electron chi connectivity index (χ0n) is 10.6. The number of esters is 1. The molecule has 0 radical (unpaired) electrons. The molecule has 0 spiro atoms. The lowest BCUT2D eigenvalue weighted by atomic mass is 10.2. The minimum atomic E-state index is -0.470. The maximum atomic E-state index is 12.0. The van der Waals surface area contributed by atoms with E-state index in [1.165, 1.54) is 19.4 Å². The molecule has 0 aliphatic carbocycles. The van der Waals surface area contributed by atoms with Crippen molar-refractivity contribution in [2.24, 2.45) is 0 Å². The first-order valence-corrected chi connectivity index (χ1v) is 6.51. The zero-order valence-corrected chi connectivity index (χ0v) is 12.2. The number of carbonyl (C=O) groups is 2. The van der Waals surface area contributed by atoms with Gasteiger partial charge in [0.05, 0.1) is 12.7 Å². The lowest BCUT2D eigenvalue weighted by Crippen LogP contribution is -2.13. The Morgan fingerprint density at radius 2 is 2.00 bits per heavy atom. The third kappa shape index (κ3) is 3.42. The highest BCUT2D eigenvalue weighted by molar-refractivity contribution is 9.10. The lowest BCUT2D eigenvalue weighted by molar-refractivity contribution is 0.0600. The van der Waals surface area contributed by atoms with Crippen molar-refractivity contribution in [2.45, 2.75) is 0 Å². The first-order chi connectivity index (χ1) is 9.60. The van der Waals surface area contributed by atoms with Crippen LogP contribution < -0.4 is 5.32 Å². The van der Waals surface area contributed by atoms with Crippen LogP contribution in [0.15, 0.2) is 47.1 Å². The van der Waals surface area contributed by atoms with Crippen molar-refractivity contribution < 1.29 is 14.3 Å². The van der Waals surface area contributed by atoms with E-state index in [-0.39, 0.29) is 5.91 Å². The summed E-state index contributed by atoms with van der Waals surface area (Å²) in [7, 11) is 1.30. The van der Waals surface area contributed by atoms with Gasteiger partial charge in [-0.05, 0) is 30.3 Å². The summed E-state index contributed by atoms with van der Waals surface area (Å²) < 4.78 is 5.39. The molecule has 0 aliphatic heterocycles. The molecule has 1 heterocycles. The van der Waals surface area contributed by atoms with Gasteiger partial charge in [-0.1, -0.05) is 22.0 Å². The molecule has 20 heavy (non-hydrogen) atoms. The molecule has 0 saturated heterocycles. The Bertz CT molecular complexity index is 641. The molecular formula is C14H11BrN2O3. The fourth-order valence-electron chi connectivity index (χ4n) is 1.52. The van der Waals surface area contributed by atoms with Gasteiger partial charge in [-0.3, -0.25) is 4.79 Å². The molecule has 0 fully saturated rings. The summed E-state index contributed by atoms with van der Waals surface area (Å²) in [5, 5.41) is 2.65. The molecule has 0 atom stereocenters. The summed E-state index contributed by atoms with van der Waals surface area (Å²) in [4.78, 5) is 27.2. The molecule has 0 aliphatic rings. The van der Waals surface area contributed by atoms with E-state index < -0.39 is 5.97 Å². The molecule has 5 nitrogen and oxygen atoms in total. The molecule has 1 aromatic heterocycles. The van der Waals surface area contributed by atoms with Crippen LogP contribution in [-0.4, -0.2) is 24.0 Å². The van der Waals surface area contributed by atoms with Crippen molar-refractivity contribution >= 4 is 33.6 Å². The van der Waals surface area contributed by atoms with E-state index in [2.05, 4.69) is 31.0 Å². The van der Waals surface area contributed by atoms with Gasteiger partial charge in [0.25, 0.3) is 5.91 Å². The summed E-state index contributed by atoms with van der Waals surface area (Å²) >= 11 is 3.30. The Kier molecular flexibility index (Phi) is 4.47. The Hall–Kier alpha value is -2.21. The van der Waals surface area contributed by atoms with Crippen LogP contribution in [0.5, 0.6) is 0 Å².